The number of carbonyl (C=O) groups is 1. The van der Waals surface area contributed by atoms with Crippen LogP contribution in [-0.4, -0.2) is 17.7 Å². The first-order chi connectivity index (χ1) is 6.96. The van der Waals surface area contributed by atoms with Gasteiger partial charge in [-0.15, -0.1) is 0 Å². The van der Waals surface area contributed by atoms with Crippen molar-refractivity contribution < 1.29 is 13.6 Å². The summed E-state index contributed by atoms with van der Waals surface area (Å²) in [5, 5.41) is 3.38. The SMILES string of the molecule is CC(=O)[C@@H](N=[N+]=[N-])C1CCC(F)(F)CC1. The molecule has 15 heavy (non-hydrogen) atoms. The molecule has 0 bridgehead atoms. The highest BCUT2D eigenvalue weighted by molar-refractivity contribution is 5.81. The molecule has 0 heterocycles. The Bertz CT molecular complexity index is 288. The highest BCUT2D eigenvalue weighted by atomic mass is 19.3. The monoisotopic (exact) mass is 217 g/mol. The van der Waals surface area contributed by atoms with Crippen LogP contribution in [0.15, 0.2) is 5.11 Å². The number of Topliss-reactive ketones (excluding diaryl/α,β-unsaturated/α-hetero) is 1. The molecule has 0 unspecified atom stereocenters. The van der Waals surface area contributed by atoms with Gasteiger partial charge in [-0.05, 0) is 31.2 Å². The van der Waals surface area contributed by atoms with Crippen LogP contribution in [0, 0.1) is 5.92 Å². The molecule has 4 nitrogen and oxygen atoms in total. The molecule has 1 fully saturated rings. The number of carbonyl (C=O) groups excluding carboxylic acids is 1. The lowest BCUT2D eigenvalue weighted by Crippen LogP contribution is -2.33. The zero-order valence-electron chi connectivity index (χ0n) is 8.49. The summed E-state index contributed by atoms with van der Waals surface area (Å²) < 4.78 is 25.7. The quantitative estimate of drug-likeness (QED) is 0.407. The average Bonchev–Trinajstić information content (AvgIpc) is 2.14. The molecule has 0 amide bonds. The second-order valence-electron chi connectivity index (χ2n) is 3.95. The Kier molecular flexibility index (Phi) is 3.63. The van der Waals surface area contributed by atoms with Crippen molar-refractivity contribution in [2.45, 2.75) is 44.6 Å². The van der Waals surface area contributed by atoms with Crippen molar-refractivity contribution in [1.82, 2.24) is 0 Å². The van der Waals surface area contributed by atoms with Crippen LogP contribution < -0.4 is 0 Å². The number of hydrogen-bond acceptors (Lipinski definition) is 2. The molecule has 0 radical (unpaired) electrons. The molecule has 0 aromatic carbocycles. The maximum absolute atomic E-state index is 12.8. The maximum Gasteiger partial charge on any atom is 0.248 e. The normalized spacial score (nSPS) is 22.9. The van der Waals surface area contributed by atoms with Crippen molar-refractivity contribution in [2.75, 3.05) is 0 Å². The summed E-state index contributed by atoms with van der Waals surface area (Å²) in [5.41, 5.74) is 8.28. The molecule has 1 aliphatic carbocycles. The average molecular weight is 217 g/mol. The number of rotatable bonds is 3. The van der Waals surface area contributed by atoms with Gasteiger partial charge in [0, 0.05) is 17.8 Å². The number of halogens is 2. The molecule has 0 saturated heterocycles. The molecule has 0 aliphatic heterocycles. The minimum atomic E-state index is -2.62. The number of hydrogen-bond donors (Lipinski definition) is 0. The van der Waals surface area contributed by atoms with Gasteiger partial charge in [-0.2, -0.15) is 0 Å². The highest BCUT2D eigenvalue weighted by Crippen LogP contribution is 2.38. The van der Waals surface area contributed by atoms with Crippen molar-refractivity contribution in [3.8, 4) is 0 Å². The lowest BCUT2D eigenvalue weighted by molar-refractivity contribution is -0.120. The van der Waals surface area contributed by atoms with Crippen molar-refractivity contribution in [3.63, 3.8) is 0 Å². The molecule has 0 spiro atoms. The van der Waals surface area contributed by atoms with Gasteiger partial charge in [-0.25, -0.2) is 8.78 Å². The molecule has 1 aliphatic rings. The number of alkyl halides is 2. The van der Waals surface area contributed by atoms with Crippen LogP contribution >= 0.6 is 0 Å². The standard InChI is InChI=1S/C9H13F2N3O/c1-6(15)8(13-14-12)7-2-4-9(10,11)5-3-7/h7-8H,2-5H2,1H3/t8-/m1/s1. The molecular weight excluding hydrogens is 204 g/mol. The predicted octanol–water partition coefficient (Wildman–Crippen LogP) is 3.08. The Morgan fingerprint density at radius 3 is 2.47 bits per heavy atom. The van der Waals surface area contributed by atoms with Crippen molar-refractivity contribution >= 4 is 5.78 Å². The van der Waals surface area contributed by atoms with Crippen molar-refractivity contribution in [1.29, 1.82) is 0 Å². The first-order valence-electron chi connectivity index (χ1n) is 4.89. The molecule has 0 aromatic heterocycles. The lowest BCUT2D eigenvalue weighted by atomic mass is 9.81. The molecule has 6 heteroatoms. The van der Waals surface area contributed by atoms with Crippen LogP contribution in [-0.2, 0) is 4.79 Å². The molecule has 1 atom stereocenters. The third kappa shape index (κ3) is 3.16. The Hall–Kier alpha value is -1.16. The van der Waals surface area contributed by atoms with E-state index < -0.39 is 12.0 Å². The van der Waals surface area contributed by atoms with E-state index in [0.29, 0.717) is 0 Å². The third-order valence-electron chi connectivity index (χ3n) is 2.80. The Morgan fingerprint density at radius 1 is 1.53 bits per heavy atom. The molecule has 1 rings (SSSR count). The third-order valence-corrected chi connectivity index (χ3v) is 2.80. The summed E-state index contributed by atoms with van der Waals surface area (Å²) >= 11 is 0. The van der Waals surface area contributed by atoms with Gasteiger partial charge in [0.15, 0.2) is 0 Å². The van der Waals surface area contributed by atoms with Crippen LogP contribution in [0.1, 0.15) is 32.6 Å². The van der Waals surface area contributed by atoms with Gasteiger partial charge in [0.1, 0.15) is 5.78 Å². The molecular formula is C9H13F2N3O. The Labute approximate surface area is 86.3 Å². The van der Waals surface area contributed by atoms with Crippen LogP contribution in [0.3, 0.4) is 0 Å². The van der Waals surface area contributed by atoms with Crippen LogP contribution in [0.5, 0.6) is 0 Å². The van der Waals surface area contributed by atoms with Gasteiger partial charge in [0.05, 0.1) is 6.04 Å². The summed E-state index contributed by atoms with van der Waals surface area (Å²) in [6.45, 7) is 1.33. The number of azide groups is 1. The largest absolute Gasteiger partial charge is 0.300 e. The number of ketones is 1. The van der Waals surface area contributed by atoms with Gasteiger partial charge < -0.3 is 0 Å². The number of nitrogens with zero attached hydrogens (tertiary/aromatic N) is 3. The fourth-order valence-electron chi connectivity index (χ4n) is 1.94. The fourth-order valence-corrected chi connectivity index (χ4v) is 1.94. The minimum Gasteiger partial charge on any atom is -0.300 e. The maximum atomic E-state index is 12.8. The molecule has 84 valence electrons. The van der Waals surface area contributed by atoms with E-state index in [1.165, 1.54) is 6.92 Å². The predicted molar refractivity (Wildman–Crippen MR) is 50.5 cm³/mol. The minimum absolute atomic E-state index is 0.220. The second kappa shape index (κ2) is 4.57. The summed E-state index contributed by atoms with van der Waals surface area (Å²) in [7, 11) is 0. The van der Waals surface area contributed by atoms with E-state index in [4.69, 9.17) is 5.53 Å². The van der Waals surface area contributed by atoms with Gasteiger partial charge in [0.25, 0.3) is 0 Å². The van der Waals surface area contributed by atoms with Crippen LogP contribution in [0.4, 0.5) is 8.78 Å². The molecule has 0 N–H and O–H groups in total. The summed E-state index contributed by atoms with van der Waals surface area (Å²) in [4.78, 5) is 13.7. The summed E-state index contributed by atoms with van der Waals surface area (Å²) in [5.74, 6) is -3.09. The first-order valence-corrected chi connectivity index (χ1v) is 4.89. The Morgan fingerprint density at radius 2 is 2.07 bits per heavy atom. The van der Waals surface area contributed by atoms with E-state index in [1.54, 1.807) is 0 Å². The van der Waals surface area contributed by atoms with E-state index in [0.717, 1.165) is 0 Å². The Balaban J connectivity index is 2.64. The van der Waals surface area contributed by atoms with E-state index in [2.05, 4.69) is 10.0 Å². The molecule has 0 aromatic rings. The van der Waals surface area contributed by atoms with E-state index in [9.17, 15) is 13.6 Å². The van der Waals surface area contributed by atoms with Crippen LogP contribution in [0.2, 0.25) is 0 Å². The van der Waals surface area contributed by atoms with Crippen molar-refractivity contribution in [2.24, 2.45) is 11.0 Å². The van der Waals surface area contributed by atoms with Gasteiger partial charge in [-0.1, -0.05) is 5.11 Å². The molecule has 1 saturated carbocycles. The van der Waals surface area contributed by atoms with Crippen LogP contribution in [0.25, 0.3) is 10.4 Å². The van der Waals surface area contributed by atoms with E-state index in [1.807, 2.05) is 0 Å². The van der Waals surface area contributed by atoms with E-state index in [-0.39, 0.29) is 37.4 Å². The summed E-state index contributed by atoms with van der Waals surface area (Å²) in [6.07, 6.45) is 0.0529. The summed E-state index contributed by atoms with van der Waals surface area (Å²) in [6, 6.07) is -0.772. The smallest absolute Gasteiger partial charge is 0.248 e. The zero-order valence-corrected chi connectivity index (χ0v) is 8.49. The topological polar surface area (TPSA) is 65.8 Å². The zero-order chi connectivity index (χ0) is 11.5. The van der Waals surface area contributed by atoms with E-state index >= 15 is 0 Å². The van der Waals surface area contributed by atoms with Gasteiger partial charge in [0.2, 0.25) is 5.92 Å². The lowest BCUT2D eigenvalue weighted by Gasteiger charge is -2.30. The van der Waals surface area contributed by atoms with Gasteiger partial charge >= 0.3 is 0 Å². The second-order valence-corrected chi connectivity index (χ2v) is 3.95. The fraction of sp³-hybridized carbons (Fsp3) is 0.889. The van der Waals surface area contributed by atoms with Crippen molar-refractivity contribution in [3.05, 3.63) is 10.4 Å². The van der Waals surface area contributed by atoms with Gasteiger partial charge in [-0.3, -0.25) is 4.79 Å². The highest BCUT2D eigenvalue weighted by Gasteiger charge is 2.38. The first kappa shape index (κ1) is 11.9.